The fourth-order valence-electron chi connectivity index (χ4n) is 3.25. The van der Waals surface area contributed by atoms with Crippen molar-refractivity contribution in [3.8, 4) is 0 Å². The molecule has 2 aromatic rings. The summed E-state index contributed by atoms with van der Waals surface area (Å²) in [7, 11) is 4.03. The molecule has 1 heterocycles. The van der Waals surface area contributed by atoms with E-state index in [1.807, 2.05) is 26.2 Å². The Labute approximate surface area is 143 Å². The van der Waals surface area contributed by atoms with Crippen LogP contribution in [-0.4, -0.2) is 31.5 Å². The smallest absolute Gasteiger partial charge is 0.193 e. The summed E-state index contributed by atoms with van der Waals surface area (Å²) in [6.07, 6.45) is 6.46. The van der Waals surface area contributed by atoms with Crippen LogP contribution in [0, 0.1) is 0 Å². The normalized spacial score (nSPS) is 16.0. The molecule has 0 saturated carbocycles. The van der Waals surface area contributed by atoms with Gasteiger partial charge in [-0.1, -0.05) is 12.1 Å². The van der Waals surface area contributed by atoms with Crippen LogP contribution >= 0.6 is 0 Å². The lowest BCUT2D eigenvalue weighted by Crippen LogP contribution is -2.27. The second kappa shape index (κ2) is 7.53. The number of guanidine groups is 1. The number of aryl methyl sites for hydroxylation is 1. The van der Waals surface area contributed by atoms with Gasteiger partial charge < -0.3 is 15.5 Å². The number of aliphatic imine (C=N–C) groups is 1. The van der Waals surface area contributed by atoms with E-state index in [9.17, 15) is 0 Å². The number of benzene rings is 1. The topological polar surface area (TPSA) is 66.8 Å². The van der Waals surface area contributed by atoms with Crippen molar-refractivity contribution in [2.75, 3.05) is 26.0 Å². The first kappa shape index (κ1) is 16.6. The van der Waals surface area contributed by atoms with Crippen molar-refractivity contribution < 1.29 is 4.42 Å². The summed E-state index contributed by atoms with van der Waals surface area (Å²) in [4.78, 5) is 6.61. The first-order chi connectivity index (χ1) is 11.6. The fourth-order valence-corrected chi connectivity index (χ4v) is 3.25. The molecule has 0 radical (unpaired) electrons. The SMILES string of the molecule is CN(C)C(CN=C(N)Nc1cccc2c1CCCC2)c1ccco1. The monoisotopic (exact) mass is 326 g/mol. The van der Waals surface area contributed by atoms with Gasteiger partial charge in [0.2, 0.25) is 0 Å². The predicted octanol–water partition coefficient (Wildman–Crippen LogP) is 3.19. The second-order valence-electron chi connectivity index (χ2n) is 6.50. The van der Waals surface area contributed by atoms with E-state index in [1.165, 1.54) is 24.0 Å². The summed E-state index contributed by atoms with van der Waals surface area (Å²) in [5.74, 6) is 1.35. The number of nitrogens with zero attached hydrogens (tertiary/aromatic N) is 2. The van der Waals surface area contributed by atoms with Crippen molar-refractivity contribution in [3.63, 3.8) is 0 Å². The molecule has 0 fully saturated rings. The molecular formula is C19H26N4O. The minimum atomic E-state index is 0.0741. The number of rotatable bonds is 5. The summed E-state index contributed by atoms with van der Waals surface area (Å²) >= 11 is 0. The Morgan fingerprint density at radius 2 is 2.08 bits per heavy atom. The first-order valence-corrected chi connectivity index (χ1v) is 8.52. The number of hydrogen-bond donors (Lipinski definition) is 2. The third kappa shape index (κ3) is 3.79. The molecule has 5 nitrogen and oxygen atoms in total. The lowest BCUT2D eigenvalue weighted by molar-refractivity contribution is 0.265. The molecule has 1 aromatic heterocycles. The lowest BCUT2D eigenvalue weighted by Gasteiger charge is -2.21. The van der Waals surface area contributed by atoms with Gasteiger partial charge in [-0.3, -0.25) is 9.89 Å². The molecular weight excluding hydrogens is 300 g/mol. The quantitative estimate of drug-likeness (QED) is 0.654. The summed E-state index contributed by atoms with van der Waals surface area (Å²) in [6.45, 7) is 0.550. The number of hydrogen-bond acceptors (Lipinski definition) is 3. The van der Waals surface area contributed by atoms with E-state index in [0.29, 0.717) is 12.5 Å². The molecule has 1 aliphatic rings. The average molecular weight is 326 g/mol. The Balaban J connectivity index is 1.70. The van der Waals surface area contributed by atoms with Crippen molar-refractivity contribution in [2.45, 2.75) is 31.7 Å². The highest BCUT2D eigenvalue weighted by Crippen LogP contribution is 2.27. The van der Waals surface area contributed by atoms with Crippen LogP contribution in [0.15, 0.2) is 46.0 Å². The molecule has 128 valence electrons. The van der Waals surface area contributed by atoms with E-state index in [-0.39, 0.29) is 6.04 Å². The maximum absolute atomic E-state index is 6.13. The van der Waals surface area contributed by atoms with Gasteiger partial charge in [-0.25, -0.2) is 0 Å². The van der Waals surface area contributed by atoms with Crippen LogP contribution in [0.1, 0.15) is 35.8 Å². The van der Waals surface area contributed by atoms with Gasteiger partial charge in [0.05, 0.1) is 18.8 Å². The lowest BCUT2D eigenvalue weighted by atomic mass is 9.90. The highest BCUT2D eigenvalue weighted by Gasteiger charge is 2.17. The third-order valence-electron chi connectivity index (χ3n) is 4.59. The van der Waals surface area contributed by atoms with Gasteiger partial charge in [-0.15, -0.1) is 0 Å². The maximum atomic E-state index is 6.13. The van der Waals surface area contributed by atoms with Gasteiger partial charge in [0.15, 0.2) is 5.96 Å². The van der Waals surface area contributed by atoms with Gasteiger partial charge in [0.25, 0.3) is 0 Å². The van der Waals surface area contributed by atoms with Crippen LogP contribution in [0.3, 0.4) is 0 Å². The van der Waals surface area contributed by atoms with Crippen LogP contribution in [0.25, 0.3) is 0 Å². The second-order valence-corrected chi connectivity index (χ2v) is 6.50. The number of furan rings is 1. The molecule has 0 bridgehead atoms. The molecule has 0 amide bonds. The molecule has 1 aliphatic carbocycles. The van der Waals surface area contributed by atoms with Crippen molar-refractivity contribution >= 4 is 11.6 Å². The highest BCUT2D eigenvalue weighted by atomic mass is 16.3. The molecule has 3 N–H and O–H groups in total. The third-order valence-corrected chi connectivity index (χ3v) is 4.59. The summed E-state index contributed by atoms with van der Waals surface area (Å²) in [5.41, 5.74) is 10.0. The van der Waals surface area contributed by atoms with Crippen LogP contribution in [0.5, 0.6) is 0 Å². The number of fused-ring (bicyclic) bond motifs is 1. The summed E-state index contributed by atoms with van der Waals surface area (Å²) in [6, 6.07) is 10.3. The van der Waals surface area contributed by atoms with Gasteiger partial charge >= 0.3 is 0 Å². The molecule has 5 heteroatoms. The Morgan fingerprint density at radius 1 is 1.25 bits per heavy atom. The van der Waals surface area contributed by atoms with Crippen molar-refractivity contribution in [1.29, 1.82) is 0 Å². The highest BCUT2D eigenvalue weighted by molar-refractivity contribution is 5.93. The van der Waals surface area contributed by atoms with Crippen molar-refractivity contribution in [1.82, 2.24) is 4.90 Å². The van der Waals surface area contributed by atoms with Crippen LogP contribution in [0.2, 0.25) is 0 Å². The number of nitrogens with one attached hydrogen (secondary N) is 1. The van der Waals surface area contributed by atoms with Crippen molar-refractivity contribution in [2.24, 2.45) is 10.7 Å². The average Bonchev–Trinajstić information content (AvgIpc) is 3.09. The Hall–Kier alpha value is -2.27. The van der Waals surface area contributed by atoms with E-state index in [1.54, 1.807) is 6.26 Å². The van der Waals surface area contributed by atoms with Gasteiger partial charge in [-0.05, 0) is 69.1 Å². The van der Waals surface area contributed by atoms with Gasteiger partial charge in [0, 0.05) is 5.69 Å². The standard InChI is InChI=1S/C19H26N4O/c1-23(2)17(18-11-6-12-24-18)13-21-19(20)22-16-10-5-8-14-7-3-4-9-15(14)16/h5-6,8,10-12,17H,3-4,7,9,13H2,1-2H3,(H3,20,21,22). The molecule has 24 heavy (non-hydrogen) atoms. The Bertz CT molecular complexity index is 691. The Kier molecular flexibility index (Phi) is 5.20. The zero-order valence-electron chi connectivity index (χ0n) is 14.5. The van der Waals surface area contributed by atoms with Gasteiger partial charge in [-0.2, -0.15) is 0 Å². The summed E-state index contributed by atoms with van der Waals surface area (Å²) < 4.78 is 5.51. The molecule has 0 aliphatic heterocycles. The van der Waals surface area contributed by atoms with E-state index in [4.69, 9.17) is 10.2 Å². The number of likely N-dealkylation sites (N-methyl/N-ethyl adjacent to an activating group) is 1. The van der Waals surface area contributed by atoms with Crippen molar-refractivity contribution in [3.05, 3.63) is 53.5 Å². The maximum Gasteiger partial charge on any atom is 0.193 e. The molecule has 0 saturated heterocycles. The van der Waals surface area contributed by atoms with Crippen LogP contribution in [0.4, 0.5) is 5.69 Å². The first-order valence-electron chi connectivity index (χ1n) is 8.52. The van der Waals surface area contributed by atoms with E-state index < -0.39 is 0 Å². The Morgan fingerprint density at radius 3 is 2.83 bits per heavy atom. The molecule has 0 spiro atoms. The fraction of sp³-hybridized carbons (Fsp3) is 0.421. The number of anilines is 1. The zero-order chi connectivity index (χ0) is 16.9. The largest absolute Gasteiger partial charge is 0.468 e. The van der Waals surface area contributed by atoms with Gasteiger partial charge in [0.1, 0.15) is 5.76 Å². The minimum Gasteiger partial charge on any atom is -0.468 e. The molecule has 1 aromatic carbocycles. The molecule has 1 atom stereocenters. The minimum absolute atomic E-state index is 0.0741. The molecule has 1 unspecified atom stereocenters. The summed E-state index contributed by atoms with van der Waals surface area (Å²) in [5, 5.41) is 3.29. The van der Waals surface area contributed by atoms with E-state index >= 15 is 0 Å². The van der Waals surface area contributed by atoms with E-state index in [0.717, 1.165) is 24.3 Å². The number of nitrogens with two attached hydrogens (primary N) is 1. The van der Waals surface area contributed by atoms with Crippen LogP contribution in [-0.2, 0) is 12.8 Å². The zero-order valence-corrected chi connectivity index (χ0v) is 14.5. The van der Waals surface area contributed by atoms with Crippen LogP contribution < -0.4 is 11.1 Å². The predicted molar refractivity (Wildman–Crippen MR) is 98.3 cm³/mol. The molecule has 3 rings (SSSR count). The van der Waals surface area contributed by atoms with E-state index in [2.05, 4.69) is 33.4 Å².